The molecule has 0 saturated carbocycles. The van der Waals surface area contributed by atoms with E-state index in [-0.39, 0.29) is 18.4 Å². The number of hydrogen-bond donors (Lipinski definition) is 1. The van der Waals surface area contributed by atoms with Gasteiger partial charge in [-0.3, -0.25) is 9.59 Å². The summed E-state index contributed by atoms with van der Waals surface area (Å²) in [5.74, 6) is -1.37. The molecule has 15 heavy (non-hydrogen) atoms. The number of aliphatic carboxylic acids is 1. The highest BCUT2D eigenvalue weighted by Crippen LogP contribution is 2.36. The van der Waals surface area contributed by atoms with Crippen LogP contribution in [0.15, 0.2) is 24.3 Å². The maximum Gasteiger partial charge on any atom is 0.323 e. The van der Waals surface area contributed by atoms with Crippen LogP contribution in [-0.2, 0) is 9.59 Å². The van der Waals surface area contributed by atoms with Gasteiger partial charge in [0.05, 0.1) is 5.92 Å². The minimum absolute atomic E-state index is 0.140. The van der Waals surface area contributed by atoms with Crippen LogP contribution in [0.3, 0.4) is 0 Å². The number of nitrogens with zero attached hydrogens (tertiary/aromatic N) is 1. The van der Waals surface area contributed by atoms with Crippen molar-refractivity contribution in [1.29, 1.82) is 0 Å². The average Bonchev–Trinajstić information content (AvgIpc) is 2.44. The van der Waals surface area contributed by atoms with E-state index < -0.39 is 5.97 Å². The fourth-order valence-corrected chi connectivity index (χ4v) is 1.88. The molecule has 1 heterocycles. The van der Waals surface area contributed by atoms with Crippen LogP contribution in [0.25, 0.3) is 0 Å². The maximum atomic E-state index is 11.8. The summed E-state index contributed by atoms with van der Waals surface area (Å²) in [6, 6.07) is 7.30. The van der Waals surface area contributed by atoms with Crippen LogP contribution in [0.2, 0.25) is 0 Å². The topological polar surface area (TPSA) is 57.6 Å². The molecule has 4 nitrogen and oxygen atoms in total. The molecule has 2 rings (SSSR count). The first-order valence-corrected chi connectivity index (χ1v) is 4.73. The van der Waals surface area contributed by atoms with Gasteiger partial charge in [-0.15, -0.1) is 0 Å². The van der Waals surface area contributed by atoms with Crippen molar-refractivity contribution >= 4 is 17.6 Å². The van der Waals surface area contributed by atoms with Crippen LogP contribution in [0.5, 0.6) is 0 Å². The number of benzene rings is 1. The van der Waals surface area contributed by atoms with Gasteiger partial charge in [-0.2, -0.15) is 0 Å². The standard InChI is InChI=1S/C11H11NO3/c1-7-8-4-2-3-5-9(8)12(11(7)15)6-10(13)14/h2-5,7H,6H2,1H3,(H,13,14). The van der Waals surface area contributed by atoms with Gasteiger partial charge in [0.25, 0.3) is 0 Å². The second kappa shape index (κ2) is 3.38. The van der Waals surface area contributed by atoms with E-state index >= 15 is 0 Å². The van der Waals surface area contributed by atoms with Gasteiger partial charge in [0.1, 0.15) is 6.54 Å². The smallest absolute Gasteiger partial charge is 0.323 e. The van der Waals surface area contributed by atoms with E-state index in [0.29, 0.717) is 0 Å². The Balaban J connectivity index is 2.42. The molecule has 1 aromatic carbocycles. The molecule has 0 aliphatic carbocycles. The molecule has 0 spiro atoms. The highest BCUT2D eigenvalue weighted by Gasteiger charge is 2.34. The molecule has 78 valence electrons. The number of carbonyl (C=O) groups excluding carboxylic acids is 1. The Labute approximate surface area is 87.1 Å². The van der Waals surface area contributed by atoms with E-state index in [9.17, 15) is 9.59 Å². The van der Waals surface area contributed by atoms with Crippen LogP contribution in [0.1, 0.15) is 18.4 Å². The minimum atomic E-state index is -0.993. The van der Waals surface area contributed by atoms with Crippen LogP contribution in [-0.4, -0.2) is 23.5 Å². The SMILES string of the molecule is CC1C(=O)N(CC(=O)O)c2ccccc21. The lowest BCUT2D eigenvalue weighted by molar-refractivity contribution is -0.136. The first kappa shape index (κ1) is 9.71. The second-order valence-corrected chi connectivity index (χ2v) is 3.60. The number of anilines is 1. The lowest BCUT2D eigenvalue weighted by Gasteiger charge is -2.14. The van der Waals surface area contributed by atoms with E-state index in [2.05, 4.69) is 0 Å². The number of fused-ring (bicyclic) bond motifs is 1. The highest BCUT2D eigenvalue weighted by atomic mass is 16.4. The molecule has 0 radical (unpaired) electrons. The van der Waals surface area contributed by atoms with Crippen molar-refractivity contribution in [2.75, 3.05) is 11.4 Å². The number of carboxylic acid groups (broad SMARTS) is 1. The first-order chi connectivity index (χ1) is 7.11. The fraction of sp³-hybridized carbons (Fsp3) is 0.273. The summed E-state index contributed by atoms with van der Waals surface area (Å²) in [5, 5.41) is 8.71. The largest absolute Gasteiger partial charge is 0.480 e. The zero-order chi connectivity index (χ0) is 11.0. The molecule has 1 amide bonds. The number of para-hydroxylation sites is 1. The Morgan fingerprint density at radius 1 is 1.47 bits per heavy atom. The summed E-state index contributed by atoms with van der Waals surface area (Å²) in [5.41, 5.74) is 1.63. The van der Waals surface area contributed by atoms with Crippen molar-refractivity contribution in [2.24, 2.45) is 0 Å². The fourth-order valence-electron chi connectivity index (χ4n) is 1.88. The molecular weight excluding hydrogens is 194 g/mol. The monoisotopic (exact) mass is 205 g/mol. The number of carboxylic acids is 1. The predicted octanol–water partition coefficient (Wildman–Crippen LogP) is 1.22. The maximum absolute atomic E-state index is 11.8. The average molecular weight is 205 g/mol. The lowest BCUT2D eigenvalue weighted by Crippen LogP contribution is -2.33. The van der Waals surface area contributed by atoms with Gasteiger partial charge in [-0.25, -0.2) is 0 Å². The summed E-state index contributed by atoms with van der Waals surface area (Å²) in [7, 11) is 0. The van der Waals surface area contributed by atoms with Crippen molar-refractivity contribution in [3.63, 3.8) is 0 Å². The summed E-state index contributed by atoms with van der Waals surface area (Å²) >= 11 is 0. The van der Waals surface area contributed by atoms with Crippen molar-refractivity contribution in [3.05, 3.63) is 29.8 Å². The third-order valence-corrected chi connectivity index (χ3v) is 2.62. The Bertz CT molecular complexity index is 428. The van der Waals surface area contributed by atoms with Gasteiger partial charge >= 0.3 is 5.97 Å². The normalized spacial score (nSPS) is 19.1. The van der Waals surface area contributed by atoms with Gasteiger partial charge in [0, 0.05) is 5.69 Å². The molecule has 1 N–H and O–H groups in total. The van der Waals surface area contributed by atoms with Gasteiger partial charge in [0.2, 0.25) is 5.91 Å². The van der Waals surface area contributed by atoms with Gasteiger partial charge < -0.3 is 10.0 Å². The van der Waals surface area contributed by atoms with E-state index in [1.165, 1.54) is 4.90 Å². The lowest BCUT2D eigenvalue weighted by atomic mass is 10.0. The molecule has 1 aliphatic heterocycles. The number of rotatable bonds is 2. The van der Waals surface area contributed by atoms with E-state index in [1.807, 2.05) is 12.1 Å². The number of amides is 1. The van der Waals surface area contributed by atoms with E-state index in [0.717, 1.165) is 11.3 Å². The van der Waals surface area contributed by atoms with Gasteiger partial charge in [-0.05, 0) is 18.6 Å². The Hall–Kier alpha value is -1.84. The Morgan fingerprint density at radius 2 is 2.13 bits per heavy atom. The molecule has 1 aliphatic rings. The summed E-state index contributed by atoms with van der Waals surface area (Å²) in [6.45, 7) is 1.53. The Morgan fingerprint density at radius 3 is 2.80 bits per heavy atom. The summed E-state index contributed by atoms with van der Waals surface area (Å²) in [6.07, 6.45) is 0. The molecule has 1 aromatic rings. The van der Waals surface area contributed by atoms with Gasteiger partial charge in [-0.1, -0.05) is 18.2 Å². The Kier molecular flexibility index (Phi) is 2.19. The molecule has 0 bridgehead atoms. The number of carbonyl (C=O) groups is 2. The predicted molar refractivity (Wildman–Crippen MR) is 54.8 cm³/mol. The zero-order valence-electron chi connectivity index (χ0n) is 8.30. The van der Waals surface area contributed by atoms with Crippen LogP contribution in [0, 0.1) is 0 Å². The molecule has 1 atom stereocenters. The zero-order valence-corrected chi connectivity index (χ0v) is 8.30. The van der Waals surface area contributed by atoms with Crippen molar-refractivity contribution in [2.45, 2.75) is 12.8 Å². The molecular formula is C11H11NO3. The second-order valence-electron chi connectivity index (χ2n) is 3.60. The van der Waals surface area contributed by atoms with Crippen LogP contribution < -0.4 is 4.90 Å². The summed E-state index contributed by atoms with van der Waals surface area (Å²) < 4.78 is 0. The quantitative estimate of drug-likeness (QED) is 0.789. The molecule has 0 saturated heterocycles. The van der Waals surface area contributed by atoms with Crippen molar-refractivity contribution in [1.82, 2.24) is 0 Å². The van der Waals surface area contributed by atoms with Crippen LogP contribution in [0.4, 0.5) is 5.69 Å². The van der Waals surface area contributed by atoms with Crippen molar-refractivity contribution < 1.29 is 14.7 Å². The third kappa shape index (κ3) is 1.48. The minimum Gasteiger partial charge on any atom is -0.480 e. The van der Waals surface area contributed by atoms with Crippen molar-refractivity contribution in [3.8, 4) is 0 Å². The van der Waals surface area contributed by atoms with Gasteiger partial charge in [0.15, 0.2) is 0 Å². The molecule has 1 unspecified atom stereocenters. The third-order valence-electron chi connectivity index (χ3n) is 2.62. The van der Waals surface area contributed by atoms with E-state index in [1.54, 1.807) is 19.1 Å². The number of hydrogen-bond acceptors (Lipinski definition) is 2. The first-order valence-electron chi connectivity index (χ1n) is 4.73. The molecule has 0 aromatic heterocycles. The van der Waals surface area contributed by atoms with E-state index in [4.69, 9.17) is 5.11 Å². The van der Waals surface area contributed by atoms with Crippen LogP contribution >= 0.6 is 0 Å². The molecule has 4 heteroatoms. The highest BCUT2D eigenvalue weighted by molar-refractivity contribution is 6.07. The molecule has 0 fully saturated rings. The summed E-state index contributed by atoms with van der Waals surface area (Å²) in [4.78, 5) is 23.7.